The van der Waals surface area contributed by atoms with Crippen LogP contribution in [0.2, 0.25) is 0 Å². The molecule has 3 heterocycles. The zero-order valence-electron chi connectivity index (χ0n) is 28.1. The summed E-state index contributed by atoms with van der Waals surface area (Å²) < 4.78 is 59.1. The minimum atomic E-state index is -4.61. The van der Waals surface area contributed by atoms with Crippen LogP contribution in [-0.2, 0) is 16.6 Å². The molecule has 1 aliphatic heterocycles. The van der Waals surface area contributed by atoms with Gasteiger partial charge in [0, 0.05) is 56.6 Å². The molecule has 0 unspecified atom stereocenters. The predicted octanol–water partition coefficient (Wildman–Crippen LogP) is 4.73. The average Bonchev–Trinajstić information content (AvgIpc) is 3.43. The van der Waals surface area contributed by atoms with Gasteiger partial charge in [0.05, 0.1) is 34.8 Å². The number of halogens is 4. The van der Waals surface area contributed by atoms with E-state index in [4.69, 9.17) is 10.5 Å². The molecule has 1 aliphatic rings. The van der Waals surface area contributed by atoms with Crippen LogP contribution >= 0.6 is 0 Å². The fraction of sp³-hybridized carbons (Fsp3) is 0.278. The smallest absolute Gasteiger partial charge is 0.405 e. The van der Waals surface area contributed by atoms with Crippen LogP contribution in [0.4, 0.5) is 29.1 Å². The number of likely N-dealkylation sites (N-methyl/N-ethyl adjacent to an activating group) is 1. The minimum Gasteiger partial charge on any atom is -0.496 e. The zero-order chi connectivity index (χ0) is 37.0. The topological polar surface area (TPSA) is 135 Å². The lowest BCUT2D eigenvalue weighted by atomic mass is 9.96. The van der Waals surface area contributed by atoms with Gasteiger partial charge in [-0.25, -0.2) is 9.37 Å². The van der Waals surface area contributed by atoms with Crippen molar-refractivity contribution in [3.8, 4) is 40.0 Å². The highest BCUT2D eigenvalue weighted by atomic mass is 19.4. The van der Waals surface area contributed by atoms with Crippen molar-refractivity contribution in [2.45, 2.75) is 13.1 Å². The largest absolute Gasteiger partial charge is 0.496 e. The number of rotatable bonds is 8. The summed E-state index contributed by atoms with van der Waals surface area (Å²) >= 11 is 0. The molecule has 0 bridgehead atoms. The summed E-state index contributed by atoms with van der Waals surface area (Å²) in [6.45, 7) is 7.04. The zero-order valence-corrected chi connectivity index (χ0v) is 28.1. The van der Waals surface area contributed by atoms with E-state index in [2.05, 4.69) is 40.5 Å². The van der Waals surface area contributed by atoms with E-state index in [9.17, 15) is 31.9 Å². The van der Waals surface area contributed by atoms with Gasteiger partial charge in [0.1, 0.15) is 18.1 Å². The molecule has 11 nitrogen and oxygen atoms in total. The molecule has 3 amide bonds. The molecular formula is C36H35F4N7O4. The van der Waals surface area contributed by atoms with Crippen LogP contribution in [0.3, 0.4) is 0 Å². The van der Waals surface area contributed by atoms with E-state index in [1.54, 1.807) is 42.3 Å². The van der Waals surface area contributed by atoms with Crippen molar-refractivity contribution in [2.75, 3.05) is 57.4 Å². The maximum absolute atomic E-state index is 13.3. The summed E-state index contributed by atoms with van der Waals surface area (Å²) in [5, 5.41) is 4.71. The molecule has 2 aromatic heterocycles. The van der Waals surface area contributed by atoms with Crippen molar-refractivity contribution in [1.29, 1.82) is 0 Å². The van der Waals surface area contributed by atoms with E-state index in [-0.39, 0.29) is 23.0 Å². The Labute approximate surface area is 291 Å². The molecule has 0 spiro atoms. The van der Waals surface area contributed by atoms with Crippen molar-refractivity contribution in [1.82, 2.24) is 24.7 Å². The van der Waals surface area contributed by atoms with Crippen molar-refractivity contribution >= 4 is 40.1 Å². The number of pyridine rings is 1. The number of aryl methyl sites for hydroxylation is 1. The molecule has 4 N–H and O–H groups in total. The number of nitrogens with two attached hydrogens (primary N) is 1. The first-order valence-corrected chi connectivity index (χ1v) is 15.8. The van der Waals surface area contributed by atoms with E-state index < -0.39 is 30.4 Å². The Kier molecular flexibility index (Phi) is 10.7. The molecule has 2 aromatic carbocycles. The highest BCUT2D eigenvalue weighted by molar-refractivity contribution is 6.12. The fourth-order valence-corrected chi connectivity index (χ4v) is 5.91. The maximum atomic E-state index is 13.3. The lowest BCUT2D eigenvalue weighted by Crippen LogP contribution is -2.48. The quantitative estimate of drug-likeness (QED) is 0.137. The number of nitrogens with zero attached hydrogens (tertiary/aromatic N) is 4. The normalized spacial score (nSPS) is 13.4. The summed E-state index contributed by atoms with van der Waals surface area (Å²) in [5.41, 5.74) is 9.76. The van der Waals surface area contributed by atoms with Crippen molar-refractivity contribution < 1.29 is 36.7 Å². The number of aromatic nitrogens is 2. The van der Waals surface area contributed by atoms with Crippen LogP contribution in [0.15, 0.2) is 61.1 Å². The van der Waals surface area contributed by atoms with Crippen molar-refractivity contribution in [3.05, 3.63) is 72.2 Å². The first-order valence-electron chi connectivity index (χ1n) is 15.8. The summed E-state index contributed by atoms with van der Waals surface area (Å²) in [7, 11) is 3.04. The monoisotopic (exact) mass is 705 g/mol. The molecule has 0 atom stereocenters. The summed E-state index contributed by atoms with van der Waals surface area (Å²) in [6.07, 6.45) is -3.14. The van der Waals surface area contributed by atoms with Gasteiger partial charge in [-0.15, -0.1) is 0 Å². The summed E-state index contributed by atoms with van der Waals surface area (Å²) in [4.78, 5) is 46.0. The Morgan fingerprint density at radius 3 is 2.33 bits per heavy atom. The Bertz CT molecular complexity index is 2070. The van der Waals surface area contributed by atoms with E-state index in [1.165, 1.54) is 25.4 Å². The van der Waals surface area contributed by atoms with Gasteiger partial charge in [0.25, 0.3) is 17.7 Å². The number of amides is 3. The standard InChI is InChI=1S/C36H35F4N7O4/c1-5-46-14-16-47(17-15-46)28(48)13-9-24-19-42-33(41)30-29(23-8-12-26(27(18-23)51-4)35(50)43-20-36(38,39)40)31(45(3)32(24)30)22-6-10-25(11-7-22)44-34(49)21(2)37/h6-8,10-12,18-19H,2,5,14-17,20H2,1,3-4H3,(H2,41,42)(H,43,50)(H,44,49). The number of ether oxygens (including phenoxy) is 1. The Hall–Kier alpha value is -5.88. The third-order valence-corrected chi connectivity index (χ3v) is 8.50. The van der Waals surface area contributed by atoms with Crippen molar-refractivity contribution in [2.24, 2.45) is 7.05 Å². The molecule has 5 rings (SSSR count). The van der Waals surface area contributed by atoms with Gasteiger partial charge in [0.2, 0.25) is 0 Å². The molecule has 0 radical (unpaired) electrons. The lowest BCUT2D eigenvalue weighted by molar-refractivity contribution is -0.126. The first-order chi connectivity index (χ1) is 24.2. The molecule has 1 fully saturated rings. The highest BCUT2D eigenvalue weighted by Gasteiger charge is 2.29. The van der Waals surface area contributed by atoms with Crippen LogP contribution in [0.1, 0.15) is 22.8 Å². The number of hydrogen-bond donors (Lipinski definition) is 3. The SMILES string of the molecule is C=C(F)C(=O)Nc1ccc(-c2c(-c3ccc(C(=O)NCC(F)(F)F)c(OC)c3)c3c(N)ncc(C#CC(=O)N4CCN(CC)CC4)c3n2C)cc1. The number of piperazine rings is 1. The van der Waals surface area contributed by atoms with Gasteiger partial charge in [-0.1, -0.05) is 37.6 Å². The Balaban J connectivity index is 1.66. The Morgan fingerprint density at radius 2 is 1.73 bits per heavy atom. The number of alkyl halides is 3. The second kappa shape index (κ2) is 14.9. The van der Waals surface area contributed by atoms with E-state index >= 15 is 0 Å². The fourth-order valence-electron chi connectivity index (χ4n) is 5.91. The molecule has 51 heavy (non-hydrogen) atoms. The number of nitrogens with one attached hydrogen (secondary N) is 2. The van der Waals surface area contributed by atoms with Gasteiger partial charge < -0.3 is 35.5 Å². The molecule has 4 aromatic rings. The van der Waals surface area contributed by atoms with Crippen LogP contribution < -0.4 is 21.1 Å². The lowest BCUT2D eigenvalue weighted by Gasteiger charge is -2.32. The molecule has 1 saturated heterocycles. The Morgan fingerprint density at radius 1 is 1.06 bits per heavy atom. The van der Waals surface area contributed by atoms with Gasteiger partial charge in [-0.2, -0.15) is 13.2 Å². The highest BCUT2D eigenvalue weighted by Crippen LogP contribution is 2.44. The summed E-state index contributed by atoms with van der Waals surface area (Å²) in [6, 6.07) is 10.9. The van der Waals surface area contributed by atoms with Crippen LogP contribution in [-0.4, -0.2) is 89.6 Å². The maximum Gasteiger partial charge on any atom is 0.405 e. The van der Waals surface area contributed by atoms with E-state index in [0.29, 0.717) is 57.6 Å². The number of carbonyl (C=O) groups is 3. The second-order valence-corrected chi connectivity index (χ2v) is 11.7. The van der Waals surface area contributed by atoms with Gasteiger partial charge in [0.15, 0.2) is 5.83 Å². The van der Waals surface area contributed by atoms with Crippen LogP contribution in [0.5, 0.6) is 5.75 Å². The summed E-state index contributed by atoms with van der Waals surface area (Å²) in [5.74, 6) is 2.37. The third kappa shape index (κ3) is 7.97. The number of anilines is 2. The van der Waals surface area contributed by atoms with Gasteiger partial charge >= 0.3 is 6.18 Å². The van der Waals surface area contributed by atoms with Gasteiger partial charge in [-0.3, -0.25) is 14.4 Å². The number of nitrogen functional groups attached to an aromatic ring is 1. The van der Waals surface area contributed by atoms with Crippen LogP contribution in [0.25, 0.3) is 33.3 Å². The van der Waals surface area contributed by atoms with Crippen LogP contribution in [0, 0.1) is 11.8 Å². The number of methoxy groups -OCH3 is 1. The molecular weight excluding hydrogens is 670 g/mol. The number of carbonyl (C=O) groups excluding carboxylic acids is 3. The van der Waals surface area contributed by atoms with E-state index in [0.717, 1.165) is 19.6 Å². The average molecular weight is 706 g/mol. The number of fused-ring (bicyclic) bond motifs is 1. The second-order valence-electron chi connectivity index (χ2n) is 11.7. The molecule has 266 valence electrons. The first kappa shape index (κ1) is 36.4. The minimum absolute atomic E-state index is 0.00381. The predicted molar refractivity (Wildman–Crippen MR) is 185 cm³/mol. The van der Waals surface area contributed by atoms with Crippen molar-refractivity contribution in [3.63, 3.8) is 0 Å². The molecule has 15 heteroatoms. The number of hydrogen-bond acceptors (Lipinski definition) is 7. The number of benzene rings is 2. The third-order valence-electron chi connectivity index (χ3n) is 8.50. The molecule has 0 aliphatic carbocycles. The van der Waals surface area contributed by atoms with Gasteiger partial charge in [-0.05, 0) is 41.9 Å². The van der Waals surface area contributed by atoms with E-state index in [1.807, 2.05) is 9.88 Å². The molecule has 0 saturated carbocycles.